The highest BCUT2D eigenvalue weighted by molar-refractivity contribution is 5.82. The number of esters is 2. The first-order chi connectivity index (χ1) is 7.20. The van der Waals surface area contributed by atoms with Crippen molar-refractivity contribution >= 4 is 11.9 Å². The summed E-state index contributed by atoms with van der Waals surface area (Å²) in [6, 6.07) is 0. The number of carbonyl (C=O) groups excluding carboxylic acids is 2. The van der Waals surface area contributed by atoms with Crippen LogP contribution in [0, 0.1) is 0 Å². The van der Waals surface area contributed by atoms with Gasteiger partial charge in [0.05, 0.1) is 13.7 Å². The summed E-state index contributed by atoms with van der Waals surface area (Å²) in [5.74, 6) is -0.812. The normalized spacial score (nSPS) is 11.3. The summed E-state index contributed by atoms with van der Waals surface area (Å²) in [6.45, 7) is 2.09. The second-order valence-electron chi connectivity index (χ2n) is 2.38. The lowest BCUT2D eigenvalue weighted by atomic mass is 10.4. The molecule has 0 aliphatic carbocycles. The molecule has 4 heteroatoms. The van der Waals surface area contributed by atoms with E-state index >= 15 is 0 Å². The Morgan fingerprint density at radius 1 is 1.00 bits per heavy atom. The van der Waals surface area contributed by atoms with E-state index in [4.69, 9.17) is 0 Å². The first kappa shape index (κ1) is 13.2. The van der Waals surface area contributed by atoms with Gasteiger partial charge in [0.25, 0.3) is 0 Å². The molecule has 0 aliphatic rings. The van der Waals surface area contributed by atoms with Crippen LogP contribution in [0.2, 0.25) is 0 Å². The van der Waals surface area contributed by atoms with Crippen LogP contribution in [0.3, 0.4) is 0 Å². The van der Waals surface area contributed by atoms with E-state index in [9.17, 15) is 9.59 Å². The van der Waals surface area contributed by atoms with Gasteiger partial charge in [0, 0.05) is 12.2 Å². The fraction of sp³-hybridized carbons (Fsp3) is 0.273. The number of carbonyl (C=O) groups is 2. The highest BCUT2D eigenvalue weighted by Crippen LogP contribution is 1.85. The van der Waals surface area contributed by atoms with Crippen LogP contribution >= 0.6 is 0 Å². The highest BCUT2D eigenvalue weighted by atomic mass is 16.5. The lowest BCUT2D eigenvalue weighted by molar-refractivity contribution is -0.137. The van der Waals surface area contributed by atoms with Gasteiger partial charge in [-0.05, 0) is 6.92 Å². The van der Waals surface area contributed by atoms with Crippen molar-refractivity contribution in [1.82, 2.24) is 0 Å². The van der Waals surface area contributed by atoms with Crippen LogP contribution in [-0.4, -0.2) is 25.7 Å². The molecule has 0 heterocycles. The molecule has 0 bridgehead atoms. The molecule has 0 rings (SSSR count). The molecule has 0 aromatic carbocycles. The molecule has 0 aromatic rings. The fourth-order valence-electron chi connectivity index (χ4n) is 0.655. The Morgan fingerprint density at radius 2 is 1.53 bits per heavy atom. The third kappa shape index (κ3) is 8.49. The molecule has 15 heavy (non-hydrogen) atoms. The molecule has 0 radical (unpaired) electrons. The van der Waals surface area contributed by atoms with Gasteiger partial charge in [-0.15, -0.1) is 0 Å². The SMILES string of the molecule is CCOC(=O)/C=C/C=C/C=C/C(=O)OC. The van der Waals surface area contributed by atoms with Gasteiger partial charge in [0.2, 0.25) is 0 Å². The maximum Gasteiger partial charge on any atom is 0.330 e. The maximum absolute atomic E-state index is 10.8. The Bertz CT molecular complexity index is 287. The van der Waals surface area contributed by atoms with E-state index in [1.807, 2.05) is 0 Å². The van der Waals surface area contributed by atoms with Gasteiger partial charge in [-0.25, -0.2) is 9.59 Å². The van der Waals surface area contributed by atoms with E-state index in [0.29, 0.717) is 6.61 Å². The number of hydrogen-bond donors (Lipinski definition) is 0. The first-order valence-corrected chi connectivity index (χ1v) is 4.46. The monoisotopic (exact) mass is 210 g/mol. The van der Waals surface area contributed by atoms with Gasteiger partial charge in [0.1, 0.15) is 0 Å². The Labute approximate surface area is 88.9 Å². The zero-order valence-corrected chi connectivity index (χ0v) is 8.80. The summed E-state index contributed by atoms with van der Waals surface area (Å²) < 4.78 is 9.03. The molecule has 0 fully saturated rings. The van der Waals surface area contributed by atoms with E-state index in [2.05, 4.69) is 9.47 Å². The summed E-state index contributed by atoms with van der Waals surface area (Å²) in [5, 5.41) is 0. The topological polar surface area (TPSA) is 52.6 Å². The van der Waals surface area contributed by atoms with Gasteiger partial charge >= 0.3 is 11.9 Å². The Balaban J connectivity index is 3.84. The first-order valence-electron chi connectivity index (χ1n) is 4.46. The fourth-order valence-corrected chi connectivity index (χ4v) is 0.655. The molecule has 4 nitrogen and oxygen atoms in total. The molecule has 0 spiro atoms. The van der Waals surface area contributed by atoms with Crippen LogP contribution in [-0.2, 0) is 19.1 Å². The minimum atomic E-state index is -0.422. The van der Waals surface area contributed by atoms with E-state index in [-0.39, 0.29) is 5.97 Å². The molecule has 0 atom stereocenters. The molecule has 0 saturated heterocycles. The third-order valence-electron chi connectivity index (χ3n) is 1.29. The largest absolute Gasteiger partial charge is 0.466 e. The Hall–Kier alpha value is -1.84. The van der Waals surface area contributed by atoms with Crippen molar-refractivity contribution in [3.63, 3.8) is 0 Å². The number of rotatable bonds is 5. The van der Waals surface area contributed by atoms with Gasteiger partial charge in [-0.2, -0.15) is 0 Å². The van der Waals surface area contributed by atoms with Crippen LogP contribution in [0.15, 0.2) is 36.5 Å². The second-order valence-corrected chi connectivity index (χ2v) is 2.38. The van der Waals surface area contributed by atoms with E-state index < -0.39 is 5.97 Å². The van der Waals surface area contributed by atoms with Crippen molar-refractivity contribution in [3.05, 3.63) is 36.5 Å². The lowest BCUT2D eigenvalue weighted by Gasteiger charge is -1.92. The van der Waals surface area contributed by atoms with Crippen molar-refractivity contribution in [2.45, 2.75) is 6.92 Å². The van der Waals surface area contributed by atoms with Crippen LogP contribution in [0.25, 0.3) is 0 Å². The predicted molar refractivity (Wildman–Crippen MR) is 56.1 cm³/mol. The van der Waals surface area contributed by atoms with Gasteiger partial charge in [0.15, 0.2) is 0 Å². The standard InChI is InChI=1S/C11H14O4/c1-3-15-11(13)9-7-5-4-6-8-10(12)14-2/h4-9H,3H2,1-2H3/b5-4+,8-6+,9-7+. The smallest absolute Gasteiger partial charge is 0.330 e. The molecule has 0 saturated carbocycles. The molecule has 0 unspecified atom stereocenters. The zero-order valence-electron chi connectivity index (χ0n) is 8.80. The minimum Gasteiger partial charge on any atom is -0.466 e. The lowest BCUT2D eigenvalue weighted by Crippen LogP contribution is -1.98. The molecule has 0 amide bonds. The number of allylic oxidation sites excluding steroid dienone is 4. The van der Waals surface area contributed by atoms with Crippen LogP contribution in [0.1, 0.15) is 6.92 Å². The van der Waals surface area contributed by atoms with Crippen LogP contribution in [0.5, 0.6) is 0 Å². The second kappa shape index (κ2) is 8.74. The molecule has 82 valence electrons. The average molecular weight is 210 g/mol. The highest BCUT2D eigenvalue weighted by Gasteiger charge is 1.89. The molecular formula is C11H14O4. The molecular weight excluding hydrogens is 196 g/mol. The molecule has 0 aliphatic heterocycles. The Morgan fingerprint density at radius 3 is 2.00 bits per heavy atom. The third-order valence-corrected chi connectivity index (χ3v) is 1.29. The van der Waals surface area contributed by atoms with E-state index in [1.165, 1.54) is 31.4 Å². The van der Waals surface area contributed by atoms with E-state index in [1.54, 1.807) is 19.1 Å². The molecule has 0 aromatic heterocycles. The zero-order chi connectivity index (χ0) is 11.5. The van der Waals surface area contributed by atoms with Gasteiger partial charge in [-0.1, -0.05) is 24.3 Å². The van der Waals surface area contributed by atoms with Gasteiger partial charge in [-0.3, -0.25) is 0 Å². The molecule has 0 N–H and O–H groups in total. The number of hydrogen-bond acceptors (Lipinski definition) is 4. The van der Waals surface area contributed by atoms with Crippen LogP contribution in [0.4, 0.5) is 0 Å². The summed E-state index contributed by atoms with van der Waals surface area (Å²) in [7, 11) is 1.30. The van der Waals surface area contributed by atoms with Crippen molar-refractivity contribution in [2.24, 2.45) is 0 Å². The summed E-state index contributed by atoms with van der Waals surface area (Å²) in [4.78, 5) is 21.4. The number of methoxy groups -OCH3 is 1. The van der Waals surface area contributed by atoms with E-state index in [0.717, 1.165) is 0 Å². The van der Waals surface area contributed by atoms with Crippen molar-refractivity contribution in [2.75, 3.05) is 13.7 Å². The Kier molecular flexibility index (Phi) is 7.67. The predicted octanol–water partition coefficient (Wildman–Crippen LogP) is 1.39. The van der Waals surface area contributed by atoms with Crippen molar-refractivity contribution in [3.8, 4) is 0 Å². The summed E-state index contributed by atoms with van der Waals surface area (Å²) >= 11 is 0. The summed E-state index contributed by atoms with van der Waals surface area (Å²) in [5.41, 5.74) is 0. The van der Waals surface area contributed by atoms with Crippen molar-refractivity contribution in [1.29, 1.82) is 0 Å². The average Bonchev–Trinajstić information content (AvgIpc) is 2.23. The van der Waals surface area contributed by atoms with Crippen molar-refractivity contribution < 1.29 is 19.1 Å². The summed E-state index contributed by atoms with van der Waals surface area (Å²) in [6.07, 6.45) is 8.82. The number of ether oxygens (including phenoxy) is 2. The van der Waals surface area contributed by atoms with Gasteiger partial charge < -0.3 is 9.47 Å². The van der Waals surface area contributed by atoms with Crippen LogP contribution < -0.4 is 0 Å². The quantitative estimate of drug-likeness (QED) is 0.391. The maximum atomic E-state index is 10.8. The minimum absolute atomic E-state index is 0.356.